The summed E-state index contributed by atoms with van der Waals surface area (Å²) in [6.45, 7) is 6.22. The van der Waals surface area contributed by atoms with Gasteiger partial charge in [-0.15, -0.1) is 11.3 Å². The van der Waals surface area contributed by atoms with Crippen molar-refractivity contribution < 1.29 is 14.3 Å². The van der Waals surface area contributed by atoms with E-state index in [9.17, 15) is 9.59 Å². The van der Waals surface area contributed by atoms with E-state index in [1.54, 1.807) is 6.92 Å². The molecule has 0 bridgehead atoms. The van der Waals surface area contributed by atoms with E-state index in [1.165, 1.54) is 29.4 Å². The van der Waals surface area contributed by atoms with Gasteiger partial charge in [0.15, 0.2) is 5.16 Å². The highest BCUT2D eigenvalue weighted by atomic mass is 32.2. The van der Waals surface area contributed by atoms with Crippen LogP contribution in [0.4, 0.5) is 5.00 Å². The summed E-state index contributed by atoms with van der Waals surface area (Å²) in [6.07, 6.45) is 2.14. The van der Waals surface area contributed by atoms with Crippen LogP contribution in [0.3, 0.4) is 0 Å². The van der Waals surface area contributed by atoms with Gasteiger partial charge in [0.2, 0.25) is 5.91 Å². The number of thiophene rings is 1. The van der Waals surface area contributed by atoms with Gasteiger partial charge in [-0.25, -0.2) is 9.78 Å². The van der Waals surface area contributed by atoms with Crippen molar-refractivity contribution in [1.82, 2.24) is 15.2 Å². The maximum atomic E-state index is 12.3. The van der Waals surface area contributed by atoms with E-state index in [4.69, 9.17) is 4.74 Å². The minimum absolute atomic E-state index is 0.175. The normalized spacial score (nSPS) is 10.8. The topological polar surface area (TPSA) is 97.0 Å². The third-order valence-electron chi connectivity index (χ3n) is 2.96. The van der Waals surface area contributed by atoms with Crippen molar-refractivity contribution in [3.05, 3.63) is 22.8 Å². The van der Waals surface area contributed by atoms with Crippen LogP contribution in [-0.2, 0) is 16.0 Å². The van der Waals surface area contributed by atoms with Crippen molar-refractivity contribution in [3.8, 4) is 0 Å². The Bertz CT molecular complexity index is 683. The van der Waals surface area contributed by atoms with Crippen molar-refractivity contribution >= 4 is 40.0 Å². The van der Waals surface area contributed by atoms with Crippen LogP contribution in [0.15, 0.2) is 16.9 Å². The maximum Gasteiger partial charge on any atom is 0.341 e. The number of hydrogen-bond donors (Lipinski definition) is 2. The lowest BCUT2D eigenvalue weighted by Crippen LogP contribution is -2.17. The summed E-state index contributed by atoms with van der Waals surface area (Å²) in [5.41, 5.74) is 1.38. The third-order valence-corrected chi connectivity index (χ3v) is 4.78. The average molecular weight is 368 g/mol. The molecule has 2 N–H and O–H groups in total. The van der Waals surface area contributed by atoms with Crippen LogP contribution >= 0.6 is 23.1 Å². The number of amides is 1. The van der Waals surface area contributed by atoms with E-state index >= 15 is 0 Å². The van der Waals surface area contributed by atoms with Gasteiger partial charge in [-0.1, -0.05) is 25.6 Å². The van der Waals surface area contributed by atoms with E-state index in [2.05, 4.69) is 34.3 Å². The largest absolute Gasteiger partial charge is 0.462 e. The quantitative estimate of drug-likeness (QED) is 0.549. The average Bonchev–Trinajstić information content (AvgIpc) is 3.15. The Kier molecular flexibility index (Phi) is 6.80. The predicted molar refractivity (Wildman–Crippen MR) is 94.6 cm³/mol. The molecule has 130 valence electrons. The van der Waals surface area contributed by atoms with E-state index in [-0.39, 0.29) is 11.7 Å². The summed E-state index contributed by atoms with van der Waals surface area (Å²) in [4.78, 5) is 28.3. The van der Waals surface area contributed by atoms with Crippen LogP contribution in [-0.4, -0.2) is 39.4 Å². The number of nitrogens with one attached hydrogen (secondary N) is 2. The molecule has 9 heteroatoms. The molecule has 2 rings (SSSR count). The number of aromatic nitrogens is 3. The number of hydrogen-bond acceptors (Lipinski definition) is 7. The summed E-state index contributed by atoms with van der Waals surface area (Å²) in [5.74, 6) is -0.0275. The van der Waals surface area contributed by atoms with Crippen molar-refractivity contribution in [2.24, 2.45) is 5.92 Å². The van der Waals surface area contributed by atoms with Crippen LogP contribution in [0, 0.1) is 5.92 Å². The predicted octanol–water partition coefficient (Wildman–Crippen LogP) is 2.97. The van der Waals surface area contributed by atoms with Crippen molar-refractivity contribution in [1.29, 1.82) is 0 Å². The molecule has 0 saturated carbocycles. The van der Waals surface area contributed by atoms with Gasteiger partial charge < -0.3 is 10.1 Å². The number of ether oxygens (including phenoxy) is 1. The van der Waals surface area contributed by atoms with Crippen molar-refractivity contribution in [2.45, 2.75) is 32.3 Å². The second-order valence-electron chi connectivity index (χ2n) is 5.41. The zero-order chi connectivity index (χ0) is 17.5. The molecule has 1 amide bonds. The lowest BCUT2D eigenvalue weighted by Gasteiger charge is -2.09. The SMILES string of the molecule is CCOC(=O)c1c(CC(C)C)csc1NC(=O)CSc1ncn[nH]1. The van der Waals surface area contributed by atoms with Gasteiger partial charge in [-0.2, -0.15) is 5.10 Å². The molecule has 0 atom stereocenters. The van der Waals surface area contributed by atoms with E-state index < -0.39 is 5.97 Å². The molecule has 0 aliphatic heterocycles. The summed E-state index contributed by atoms with van der Waals surface area (Å²) < 4.78 is 5.14. The molecule has 2 heterocycles. The molecule has 0 unspecified atom stereocenters. The molecule has 0 aliphatic carbocycles. The van der Waals surface area contributed by atoms with E-state index in [1.807, 2.05) is 5.38 Å². The summed E-state index contributed by atoms with van der Waals surface area (Å²) >= 11 is 2.59. The van der Waals surface area contributed by atoms with Gasteiger partial charge in [0.05, 0.1) is 17.9 Å². The molecule has 2 aromatic heterocycles. The molecule has 0 fully saturated rings. The second-order valence-corrected chi connectivity index (χ2v) is 7.25. The first-order chi connectivity index (χ1) is 11.5. The summed E-state index contributed by atoms with van der Waals surface area (Å²) in [6, 6.07) is 0. The van der Waals surface area contributed by atoms with Crippen molar-refractivity contribution in [3.63, 3.8) is 0 Å². The summed E-state index contributed by atoms with van der Waals surface area (Å²) in [7, 11) is 0. The van der Waals surface area contributed by atoms with Crippen LogP contribution in [0.25, 0.3) is 0 Å². The fraction of sp³-hybridized carbons (Fsp3) is 0.467. The number of nitrogens with zero attached hydrogens (tertiary/aromatic N) is 2. The Morgan fingerprint density at radius 1 is 1.46 bits per heavy atom. The zero-order valence-electron chi connectivity index (χ0n) is 13.8. The highest BCUT2D eigenvalue weighted by molar-refractivity contribution is 7.99. The lowest BCUT2D eigenvalue weighted by atomic mass is 10.0. The Hall–Kier alpha value is -1.87. The molecular formula is C15H20N4O3S2. The summed E-state index contributed by atoms with van der Waals surface area (Å²) in [5, 5.41) is 12.2. The van der Waals surface area contributed by atoms with Crippen LogP contribution < -0.4 is 5.32 Å². The van der Waals surface area contributed by atoms with Crippen molar-refractivity contribution in [2.75, 3.05) is 17.7 Å². The fourth-order valence-corrected chi connectivity index (χ4v) is 3.62. The third kappa shape index (κ3) is 5.07. The maximum absolute atomic E-state index is 12.3. The molecular weight excluding hydrogens is 348 g/mol. The highest BCUT2D eigenvalue weighted by Gasteiger charge is 2.22. The van der Waals surface area contributed by atoms with Gasteiger partial charge in [0, 0.05) is 0 Å². The Morgan fingerprint density at radius 3 is 2.88 bits per heavy atom. The number of H-pyrrole nitrogens is 1. The fourth-order valence-electron chi connectivity index (χ4n) is 2.06. The molecule has 0 aliphatic rings. The number of thioether (sulfide) groups is 1. The van der Waals surface area contributed by atoms with Gasteiger partial charge in [-0.05, 0) is 30.2 Å². The van der Waals surface area contributed by atoms with Gasteiger partial charge in [0.1, 0.15) is 11.3 Å². The van der Waals surface area contributed by atoms with Gasteiger partial charge in [0.25, 0.3) is 0 Å². The highest BCUT2D eigenvalue weighted by Crippen LogP contribution is 2.31. The van der Waals surface area contributed by atoms with Crippen LogP contribution in [0.5, 0.6) is 0 Å². The second kappa shape index (κ2) is 8.84. The first kappa shape index (κ1) is 18.5. The lowest BCUT2D eigenvalue weighted by molar-refractivity contribution is -0.113. The Morgan fingerprint density at radius 2 is 2.25 bits per heavy atom. The number of aromatic amines is 1. The molecule has 2 aromatic rings. The number of carbonyl (C=O) groups is 2. The zero-order valence-corrected chi connectivity index (χ0v) is 15.4. The molecule has 0 radical (unpaired) electrons. The number of esters is 1. The molecule has 0 spiro atoms. The minimum Gasteiger partial charge on any atom is -0.462 e. The molecule has 0 aromatic carbocycles. The smallest absolute Gasteiger partial charge is 0.341 e. The Labute approximate surface area is 148 Å². The molecule has 24 heavy (non-hydrogen) atoms. The van der Waals surface area contributed by atoms with Crippen LogP contribution in [0.2, 0.25) is 0 Å². The van der Waals surface area contributed by atoms with Crippen LogP contribution in [0.1, 0.15) is 36.7 Å². The first-order valence-corrected chi connectivity index (χ1v) is 9.43. The molecule has 0 saturated heterocycles. The van der Waals surface area contributed by atoms with Gasteiger partial charge in [-0.3, -0.25) is 9.89 Å². The number of carbonyl (C=O) groups excluding carboxylic acids is 2. The van der Waals surface area contributed by atoms with Gasteiger partial charge >= 0.3 is 5.97 Å². The Balaban J connectivity index is 2.08. The monoisotopic (exact) mass is 368 g/mol. The van der Waals surface area contributed by atoms with E-state index in [0.29, 0.717) is 28.2 Å². The minimum atomic E-state index is -0.396. The molecule has 7 nitrogen and oxygen atoms in total. The number of rotatable bonds is 8. The van der Waals surface area contributed by atoms with E-state index in [0.717, 1.165) is 12.0 Å². The number of anilines is 1. The first-order valence-electron chi connectivity index (χ1n) is 7.56. The standard InChI is InChI=1S/C15H20N4O3S2/c1-4-22-14(21)12-10(5-9(2)3)6-23-13(12)18-11(20)7-24-15-16-8-17-19-15/h6,8-9H,4-5,7H2,1-3H3,(H,18,20)(H,16,17,19).